The average molecular weight is 133 g/mol. The highest BCUT2D eigenvalue weighted by Gasteiger charge is 2.11. The lowest BCUT2D eigenvalue weighted by atomic mass is 10.0. The standard InChI is InChI=1S/C7H7N3/c8-3-6-1-2-7(4-9)10-5-6/h5,7,10H,1-2H2. The number of hydrogen-bond donors (Lipinski definition) is 1. The molecule has 0 saturated heterocycles. The van der Waals surface area contributed by atoms with E-state index < -0.39 is 0 Å². The Hall–Kier alpha value is -1.48. The minimum absolute atomic E-state index is 0.0999. The summed E-state index contributed by atoms with van der Waals surface area (Å²) >= 11 is 0. The topological polar surface area (TPSA) is 59.6 Å². The highest BCUT2D eigenvalue weighted by Crippen LogP contribution is 2.10. The minimum Gasteiger partial charge on any atom is -0.375 e. The highest BCUT2D eigenvalue weighted by atomic mass is 14.9. The Labute approximate surface area is 59.6 Å². The van der Waals surface area contributed by atoms with Crippen LogP contribution in [0.1, 0.15) is 12.8 Å². The van der Waals surface area contributed by atoms with Crippen LogP contribution in [0.3, 0.4) is 0 Å². The van der Waals surface area contributed by atoms with E-state index in [1.807, 2.05) is 6.07 Å². The number of nitrogens with one attached hydrogen (secondary N) is 1. The van der Waals surface area contributed by atoms with Crippen LogP contribution in [0.25, 0.3) is 0 Å². The lowest BCUT2D eigenvalue weighted by Crippen LogP contribution is -2.26. The average Bonchev–Trinajstić information content (AvgIpc) is 2.05. The van der Waals surface area contributed by atoms with Gasteiger partial charge in [-0.15, -0.1) is 0 Å². The fourth-order valence-corrected chi connectivity index (χ4v) is 0.847. The maximum absolute atomic E-state index is 8.43. The summed E-state index contributed by atoms with van der Waals surface area (Å²) in [6.45, 7) is 0. The highest BCUT2D eigenvalue weighted by molar-refractivity contribution is 5.23. The third kappa shape index (κ3) is 1.27. The Bertz CT molecular complexity index is 228. The second kappa shape index (κ2) is 2.89. The first-order valence-corrected chi connectivity index (χ1v) is 3.11. The van der Waals surface area contributed by atoms with Gasteiger partial charge in [0.2, 0.25) is 0 Å². The van der Waals surface area contributed by atoms with Gasteiger partial charge in [0.15, 0.2) is 0 Å². The molecule has 10 heavy (non-hydrogen) atoms. The summed E-state index contributed by atoms with van der Waals surface area (Å²) in [6, 6.07) is 4.02. The first-order valence-electron chi connectivity index (χ1n) is 3.11. The van der Waals surface area contributed by atoms with Gasteiger partial charge in [-0.1, -0.05) is 0 Å². The molecule has 0 saturated carbocycles. The minimum atomic E-state index is -0.0999. The molecule has 50 valence electrons. The van der Waals surface area contributed by atoms with Crippen molar-refractivity contribution in [2.24, 2.45) is 0 Å². The molecule has 1 N–H and O–H groups in total. The van der Waals surface area contributed by atoms with E-state index in [-0.39, 0.29) is 6.04 Å². The van der Waals surface area contributed by atoms with Crippen LogP contribution in [0.5, 0.6) is 0 Å². The lowest BCUT2D eigenvalue weighted by molar-refractivity contribution is 0.616. The number of allylic oxidation sites excluding steroid dienone is 1. The molecule has 0 spiro atoms. The molecule has 3 heteroatoms. The summed E-state index contributed by atoms with van der Waals surface area (Å²) in [5, 5.41) is 19.7. The summed E-state index contributed by atoms with van der Waals surface area (Å²) in [7, 11) is 0. The number of nitrogens with zero attached hydrogens (tertiary/aromatic N) is 2. The zero-order valence-electron chi connectivity index (χ0n) is 5.46. The maximum Gasteiger partial charge on any atom is 0.114 e. The van der Waals surface area contributed by atoms with E-state index in [4.69, 9.17) is 10.5 Å². The van der Waals surface area contributed by atoms with E-state index in [2.05, 4.69) is 11.4 Å². The van der Waals surface area contributed by atoms with Crippen LogP contribution in [-0.4, -0.2) is 6.04 Å². The van der Waals surface area contributed by atoms with E-state index in [1.165, 1.54) is 0 Å². The second-order valence-corrected chi connectivity index (χ2v) is 2.17. The van der Waals surface area contributed by atoms with Crippen molar-refractivity contribution in [3.05, 3.63) is 11.8 Å². The molecule has 1 unspecified atom stereocenters. The fraction of sp³-hybridized carbons (Fsp3) is 0.429. The molecule has 1 aliphatic heterocycles. The Kier molecular flexibility index (Phi) is 1.92. The molecule has 0 fully saturated rings. The van der Waals surface area contributed by atoms with Crippen molar-refractivity contribution in [1.29, 1.82) is 10.5 Å². The summed E-state index contributed by atoms with van der Waals surface area (Å²) in [6.07, 6.45) is 3.09. The van der Waals surface area contributed by atoms with Gasteiger partial charge in [-0.3, -0.25) is 0 Å². The first kappa shape index (κ1) is 6.64. The molecule has 0 aromatic heterocycles. The van der Waals surface area contributed by atoms with Crippen molar-refractivity contribution >= 4 is 0 Å². The van der Waals surface area contributed by atoms with Gasteiger partial charge in [0.25, 0.3) is 0 Å². The van der Waals surface area contributed by atoms with Crippen LogP contribution in [0.4, 0.5) is 0 Å². The molecule has 0 aliphatic carbocycles. The Morgan fingerprint density at radius 1 is 1.60 bits per heavy atom. The van der Waals surface area contributed by atoms with Gasteiger partial charge >= 0.3 is 0 Å². The monoisotopic (exact) mass is 133 g/mol. The van der Waals surface area contributed by atoms with Gasteiger partial charge in [0.1, 0.15) is 6.04 Å². The van der Waals surface area contributed by atoms with Crippen molar-refractivity contribution in [1.82, 2.24) is 5.32 Å². The third-order valence-corrected chi connectivity index (χ3v) is 1.46. The van der Waals surface area contributed by atoms with Crippen LogP contribution >= 0.6 is 0 Å². The predicted molar refractivity (Wildman–Crippen MR) is 35.5 cm³/mol. The van der Waals surface area contributed by atoms with Gasteiger partial charge in [-0.25, -0.2) is 0 Å². The molecular formula is C7H7N3. The number of rotatable bonds is 0. The molecule has 1 heterocycles. The second-order valence-electron chi connectivity index (χ2n) is 2.17. The van der Waals surface area contributed by atoms with Gasteiger partial charge < -0.3 is 5.32 Å². The van der Waals surface area contributed by atoms with Gasteiger partial charge in [0.05, 0.1) is 12.1 Å². The van der Waals surface area contributed by atoms with Gasteiger partial charge in [0, 0.05) is 11.8 Å². The van der Waals surface area contributed by atoms with Crippen LogP contribution in [0, 0.1) is 22.7 Å². The van der Waals surface area contributed by atoms with Crippen molar-refractivity contribution < 1.29 is 0 Å². The van der Waals surface area contributed by atoms with Gasteiger partial charge in [-0.05, 0) is 12.8 Å². The maximum atomic E-state index is 8.43. The zero-order chi connectivity index (χ0) is 7.40. The molecular weight excluding hydrogens is 126 g/mol. The molecule has 1 aliphatic rings. The number of hydrogen-bond acceptors (Lipinski definition) is 3. The van der Waals surface area contributed by atoms with E-state index in [1.54, 1.807) is 6.20 Å². The molecule has 3 nitrogen and oxygen atoms in total. The van der Waals surface area contributed by atoms with E-state index >= 15 is 0 Å². The summed E-state index contributed by atoms with van der Waals surface area (Å²) in [5.41, 5.74) is 0.728. The molecule has 0 amide bonds. The smallest absolute Gasteiger partial charge is 0.114 e. The third-order valence-electron chi connectivity index (χ3n) is 1.46. The molecule has 0 bridgehead atoms. The van der Waals surface area contributed by atoms with Crippen LogP contribution in [0.2, 0.25) is 0 Å². The van der Waals surface area contributed by atoms with Crippen molar-refractivity contribution in [2.45, 2.75) is 18.9 Å². The van der Waals surface area contributed by atoms with Crippen molar-refractivity contribution in [2.75, 3.05) is 0 Å². The van der Waals surface area contributed by atoms with Crippen LogP contribution < -0.4 is 5.32 Å². The first-order chi connectivity index (χ1) is 4.86. The van der Waals surface area contributed by atoms with E-state index in [9.17, 15) is 0 Å². The summed E-state index contributed by atoms with van der Waals surface area (Å²) < 4.78 is 0. The fourth-order valence-electron chi connectivity index (χ4n) is 0.847. The molecule has 0 aromatic carbocycles. The predicted octanol–water partition coefficient (Wildman–Crippen LogP) is 0.669. The van der Waals surface area contributed by atoms with Crippen molar-refractivity contribution in [3.63, 3.8) is 0 Å². The molecule has 0 aromatic rings. The van der Waals surface area contributed by atoms with Crippen LogP contribution in [-0.2, 0) is 0 Å². The Morgan fingerprint density at radius 2 is 2.40 bits per heavy atom. The van der Waals surface area contributed by atoms with E-state index in [0.29, 0.717) is 0 Å². The number of nitriles is 2. The normalized spacial score (nSPS) is 23.4. The van der Waals surface area contributed by atoms with Crippen LogP contribution in [0.15, 0.2) is 11.8 Å². The molecule has 0 radical (unpaired) electrons. The van der Waals surface area contributed by atoms with Crippen molar-refractivity contribution in [3.8, 4) is 12.1 Å². The Morgan fingerprint density at radius 3 is 2.80 bits per heavy atom. The SMILES string of the molecule is N#CC1=CNC(C#N)CC1. The lowest BCUT2D eigenvalue weighted by Gasteiger charge is -2.13. The molecule has 1 rings (SSSR count). The van der Waals surface area contributed by atoms with Gasteiger partial charge in [-0.2, -0.15) is 10.5 Å². The summed E-state index contributed by atoms with van der Waals surface area (Å²) in [5.74, 6) is 0. The Balaban J connectivity index is 2.56. The molecule has 1 atom stereocenters. The summed E-state index contributed by atoms with van der Waals surface area (Å²) in [4.78, 5) is 0. The quantitative estimate of drug-likeness (QED) is 0.528. The zero-order valence-corrected chi connectivity index (χ0v) is 5.46. The largest absolute Gasteiger partial charge is 0.375 e. The van der Waals surface area contributed by atoms with E-state index in [0.717, 1.165) is 18.4 Å².